The summed E-state index contributed by atoms with van der Waals surface area (Å²) in [5.74, 6) is -0.192. The number of nitrogens with zero attached hydrogens (tertiary/aromatic N) is 1. The van der Waals surface area contributed by atoms with Crippen LogP contribution in [-0.2, 0) is 9.84 Å². The maximum Gasteiger partial charge on any atom is 0.256 e. The lowest BCUT2D eigenvalue weighted by atomic mass is 9.84. The van der Waals surface area contributed by atoms with Crippen LogP contribution in [0.15, 0.2) is 75.0 Å². The summed E-state index contributed by atoms with van der Waals surface area (Å²) >= 11 is 1.56. The number of thioether (sulfide) groups is 1. The number of rotatable bonds is 4. The first kappa shape index (κ1) is 19.7. The Morgan fingerprint density at radius 1 is 1.03 bits per heavy atom. The highest BCUT2D eigenvalue weighted by Crippen LogP contribution is 2.47. The molecule has 0 radical (unpaired) electrons. The molecule has 0 aromatic heterocycles. The average Bonchev–Trinajstić information content (AvgIpc) is 3.11. The Balaban J connectivity index is 1.59. The van der Waals surface area contributed by atoms with Gasteiger partial charge in [-0.1, -0.05) is 37.1 Å². The normalized spacial score (nSPS) is 21.3. The van der Waals surface area contributed by atoms with Crippen LogP contribution in [0.4, 0.5) is 0 Å². The molecule has 7 heteroatoms. The molecule has 1 amide bonds. The zero-order valence-electron chi connectivity index (χ0n) is 15.7. The quantitative estimate of drug-likeness (QED) is 0.791. The van der Waals surface area contributed by atoms with E-state index in [2.05, 4.69) is 11.4 Å². The molecule has 2 atom stereocenters. The van der Waals surface area contributed by atoms with Crippen molar-refractivity contribution in [2.45, 2.75) is 40.7 Å². The molecule has 1 heterocycles. The van der Waals surface area contributed by atoms with Gasteiger partial charge in [0, 0.05) is 16.7 Å². The highest BCUT2D eigenvalue weighted by atomic mass is 32.2. The van der Waals surface area contributed by atoms with E-state index in [0.717, 1.165) is 25.7 Å². The van der Waals surface area contributed by atoms with Crippen molar-refractivity contribution in [2.75, 3.05) is 0 Å². The standard InChI is InChI=1S/C22H20N2O3S2/c23-14-19-18-11-4-5-12-20(18)28-22(19)24-21(25)15-7-6-10-17(13-15)29(26,27)16-8-2-1-3-9-16/h1-3,6-10,13,18,20H,4-5,11-12H2,(H,24,25). The number of benzene rings is 2. The third kappa shape index (κ3) is 3.83. The average molecular weight is 425 g/mol. The number of hydrogen-bond acceptors (Lipinski definition) is 5. The summed E-state index contributed by atoms with van der Waals surface area (Å²) in [5.41, 5.74) is 0.906. The Morgan fingerprint density at radius 3 is 2.52 bits per heavy atom. The van der Waals surface area contributed by atoms with Crippen molar-refractivity contribution < 1.29 is 13.2 Å². The van der Waals surface area contributed by atoms with Crippen molar-refractivity contribution in [3.05, 3.63) is 70.8 Å². The summed E-state index contributed by atoms with van der Waals surface area (Å²) in [4.78, 5) is 13.1. The summed E-state index contributed by atoms with van der Waals surface area (Å²) in [6.07, 6.45) is 4.27. The topological polar surface area (TPSA) is 87.0 Å². The Morgan fingerprint density at radius 2 is 1.76 bits per heavy atom. The molecule has 2 unspecified atom stereocenters. The summed E-state index contributed by atoms with van der Waals surface area (Å²) in [6.45, 7) is 0. The monoisotopic (exact) mass is 424 g/mol. The van der Waals surface area contributed by atoms with E-state index in [1.54, 1.807) is 42.1 Å². The molecule has 0 saturated heterocycles. The van der Waals surface area contributed by atoms with Gasteiger partial charge in [-0.15, -0.1) is 11.8 Å². The van der Waals surface area contributed by atoms with Gasteiger partial charge in [0.1, 0.15) is 0 Å². The van der Waals surface area contributed by atoms with Gasteiger partial charge in [-0.2, -0.15) is 5.26 Å². The van der Waals surface area contributed by atoms with Gasteiger partial charge in [-0.3, -0.25) is 4.79 Å². The third-order valence-electron chi connectivity index (χ3n) is 5.39. The molecule has 1 saturated carbocycles. The zero-order chi connectivity index (χ0) is 20.4. The molecule has 148 valence electrons. The number of hydrogen-bond donors (Lipinski definition) is 1. The van der Waals surface area contributed by atoms with E-state index in [0.29, 0.717) is 15.9 Å². The number of sulfone groups is 1. The maximum atomic E-state index is 12.8. The fraction of sp³-hybridized carbons (Fsp3) is 0.273. The number of allylic oxidation sites excluding steroid dienone is 1. The van der Waals surface area contributed by atoms with Crippen LogP contribution in [0, 0.1) is 17.2 Å². The molecule has 1 N–H and O–H groups in total. The first-order valence-electron chi connectivity index (χ1n) is 9.53. The Bertz CT molecular complexity index is 1120. The molecule has 29 heavy (non-hydrogen) atoms. The predicted molar refractivity (Wildman–Crippen MR) is 112 cm³/mol. The summed E-state index contributed by atoms with van der Waals surface area (Å²) in [7, 11) is -3.70. The SMILES string of the molecule is N#CC1=C(NC(=O)c2cccc(S(=O)(=O)c3ccccc3)c2)SC2CCCCC12. The van der Waals surface area contributed by atoms with Crippen molar-refractivity contribution in [3.63, 3.8) is 0 Å². The van der Waals surface area contributed by atoms with Crippen LogP contribution in [0.2, 0.25) is 0 Å². The molecule has 5 nitrogen and oxygen atoms in total. The van der Waals surface area contributed by atoms with Crippen molar-refractivity contribution in [1.29, 1.82) is 5.26 Å². The van der Waals surface area contributed by atoms with E-state index >= 15 is 0 Å². The fourth-order valence-electron chi connectivity index (χ4n) is 3.90. The largest absolute Gasteiger partial charge is 0.316 e. The van der Waals surface area contributed by atoms with Gasteiger partial charge in [0.05, 0.1) is 26.5 Å². The molecular weight excluding hydrogens is 404 g/mol. The van der Waals surface area contributed by atoms with Gasteiger partial charge in [0.15, 0.2) is 0 Å². The third-order valence-corrected chi connectivity index (χ3v) is 8.59. The summed E-state index contributed by atoms with van der Waals surface area (Å²) in [6, 6.07) is 16.4. The highest BCUT2D eigenvalue weighted by molar-refractivity contribution is 8.04. The number of carbonyl (C=O) groups excluding carboxylic acids is 1. The van der Waals surface area contributed by atoms with E-state index in [-0.39, 0.29) is 21.3 Å². The van der Waals surface area contributed by atoms with Crippen molar-refractivity contribution >= 4 is 27.5 Å². The van der Waals surface area contributed by atoms with E-state index < -0.39 is 15.7 Å². The molecule has 1 aliphatic heterocycles. The van der Waals surface area contributed by atoms with Gasteiger partial charge >= 0.3 is 0 Å². The minimum atomic E-state index is -3.70. The maximum absolute atomic E-state index is 12.8. The van der Waals surface area contributed by atoms with Crippen LogP contribution in [0.5, 0.6) is 0 Å². The van der Waals surface area contributed by atoms with Crippen LogP contribution >= 0.6 is 11.8 Å². The van der Waals surface area contributed by atoms with Gasteiger partial charge in [-0.05, 0) is 43.2 Å². The van der Waals surface area contributed by atoms with Crippen LogP contribution in [0.1, 0.15) is 36.0 Å². The van der Waals surface area contributed by atoms with Crippen LogP contribution in [0.25, 0.3) is 0 Å². The molecule has 0 bridgehead atoms. The lowest BCUT2D eigenvalue weighted by Gasteiger charge is -2.24. The second kappa shape index (κ2) is 8.05. The number of nitrogens with one attached hydrogen (secondary N) is 1. The second-order valence-corrected chi connectivity index (χ2v) is 10.4. The molecule has 0 spiro atoms. The van der Waals surface area contributed by atoms with Crippen LogP contribution in [0.3, 0.4) is 0 Å². The van der Waals surface area contributed by atoms with Crippen molar-refractivity contribution in [1.82, 2.24) is 5.32 Å². The van der Waals surface area contributed by atoms with Gasteiger partial charge in [0.25, 0.3) is 5.91 Å². The predicted octanol–water partition coefficient (Wildman–Crippen LogP) is 4.29. The van der Waals surface area contributed by atoms with E-state index in [1.807, 2.05) is 0 Å². The Hall–Kier alpha value is -2.56. The molecule has 1 aliphatic carbocycles. The van der Waals surface area contributed by atoms with Crippen molar-refractivity contribution in [2.24, 2.45) is 5.92 Å². The van der Waals surface area contributed by atoms with Crippen LogP contribution in [-0.4, -0.2) is 19.6 Å². The van der Waals surface area contributed by atoms with E-state index in [4.69, 9.17) is 0 Å². The molecule has 1 fully saturated rings. The van der Waals surface area contributed by atoms with Gasteiger partial charge in [0.2, 0.25) is 9.84 Å². The van der Waals surface area contributed by atoms with E-state index in [1.165, 1.54) is 24.3 Å². The highest BCUT2D eigenvalue weighted by Gasteiger charge is 2.38. The summed E-state index contributed by atoms with van der Waals surface area (Å²) < 4.78 is 25.7. The molecule has 2 aromatic rings. The number of amides is 1. The fourth-order valence-corrected chi connectivity index (χ4v) is 6.72. The first-order chi connectivity index (χ1) is 14.0. The molecule has 2 aliphatic rings. The minimum Gasteiger partial charge on any atom is -0.316 e. The first-order valence-corrected chi connectivity index (χ1v) is 11.9. The number of carbonyl (C=O) groups is 1. The minimum absolute atomic E-state index is 0.0681. The lowest BCUT2D eigenvalue weighted by Crippen LogP contribution is -2.22. The van der Waals surface area contributed by atoms with Crippen LogP contribution < -0.4 is 5.32 Å². The number of nitriles is 1. The zero-order valence-corrected chi connectivity index (χ0v) is 17.3. The van der Waals surface area contributed by atoms with Crippen molar-refractivity contribution in [3.8, 4) is 6.07 Å². The second-order valence-electron chi connectivity index (χ2n) is 7.20. The molecular formula is C22H20N2O3S2. The molecule has 4 rings (SSSR count). The smallest absolute Gasteiger partial charge is 0.256 e. The van der Waals surface area contributed by atoms with E-state index in [9.17, 15) is 18.5 Å². The lowest BCUT2D eigenvalue weighted by molar-refractivity contribution is 0.0968. The van der Waals surface area contributed by atoms with Gasteiger partial charge < -0.3 is 5.32 Å². The summed E-state index contributed by atoms with van der Waals surface area (Å²) in [5, 5.41) is 13.4. The van der Waals surface area contributed by atoms with Gasteiger partial charge in [-0.25, -0.2) is 8.42 Å². The number of fused-ring (bicyclic) bond motifs is 1. The Labute approximate surface area is 174 Å². The molecule has 2 aromatic carbocycles. The Kier molecular flexibility index (Phi) is 5.48.